The van der Waals surface area contributed by atoms with Gasteiger partial charge in [-0.1, -0.05) is 137 Å². The van der Waals surface area contributed by atoms with Gasteiger partial charge in [0.2, 0.25) is 29.5 Å². The minimum atomic E-state index is -1.20. The molecule has 2 heterocycles. The molecule has 0 saturated carbocycles. The lowest BCUT2D eigenvalue weighted by molar-refractivity contribution is -0.149. The second-order valence-corrected chi connectivity index (χ2v) is 19.1. The number of ether oxygens (including phenoxy) is 1. The van der Waals surface area contributed by atoms with Gasteiger partial charge in [0.05, 0.1) is 0 Å². The van der Waals surface area contributed by atoms with E-state index in [-0.39, 0.29) is 50.8 Å². The zero-order chi connectivity index (χ0) is 49.2. The van der Waals surface area contributed by atoms with E-state index in [1.807, 2.05) is 98.8 Å². The lowest BCUT2D eigenvalue weighted by atomic mass is 9.98. The van der Waals surface area contributed by atoms with Crippen LogP contribution in [0.4, 0.5) is 4.79 Å². The topological polar surface area (TPSA) is 204 Å². The third-order valence-electron chi connectivity index (χ3n) is 13.4. The van der Waals surface area contributed by atoms with Gasteiger partial charge in [0.25, 0.3) is 0 Å². The predicted octanol–water partition coefficient (Wildman–Crippen LogP) is 5.60. The molecule has 364 valence electrons. The van der Waals surface area contributed by atoms with E-state index in [1.54, 1.807) is 38.1 Å². The Morgan fingerprint density at radius 1 is 0.609 bits per heavy atom. The summed E-state index contributed by atoms with van der Waals surface area (Å²) in [5.41, 5.74) is 5.77. The molecule has 0 radical (unpaired) electrons. The molecule has 0 bridgehead atoms. The first kappa shape index (κ1) is 49.9. The second kappa shape index (κ2) is 22.8. The average Bonchev–Trinajstić information content (AvgIpc) is 4.11. The number of likely N-dealkylation sites (tertiary alicyclic amines) is 2. The number of carbonyl (C=O) groups is 7. The number of carbonyl (C=O) groups excluding carboxylic acids is 6. The summed E-state index contributed by atoms with van der Waals surface area (Å²) in [6, 6.07) is 27.9. The molecule has 0 spiro atoms. The van der Waals surface area contributed by atoms with Crippen LogP contribution in [0.1, 0.15) is 88.0 Å². The third kappa shape index (κ3) is 12.2. The molecular formula is C54H64N6O9. The highest BCUT2D eigenvalue weighted by molar-refractivity contribution is 5.97. The van der Waals surface area contributed by atoms with Crippen LogP contribution in [0.5, 0.6) is 0 Å². The number of carboxylic acids is 1. The number of nitrogens with one attached hydrogen (secondary N) is 4. The molecule has 6 amide bonds. The maximum atomic E-state index is 14.5. The van der Waals surface area contributed by atoms with Crippen LogP contribution in [0.3, 0.4) is 0 Å². The average molecular weight is 941 g/mol. The lowest BCUT2D eigenvalue weighted by Crippen LogP contribution is -2.60. The fraction of sp³-hybridized carbons (Fsp3) is 0.426. The molecule has 7 rings (SSSR count). The van der Waals surface area contributed by atoms with Gasteiger partial charge in [-0.15, -0.1) is 0 Å². The molecule has 15 nitrogen and oxygen atoms in total. The number of carboxylic acid groups (broad SMARTS) is 1. The highest BCUT2D eigenvalue weighted by Crippen LogP contribution is 2.44. The first-order valence-electron chi connectivity index (χ1n) is 24.1. The number of benzene rings is 4. The lowest BCUT2D eigenvalue weighted by Gasteiger charge is -2.34. The van der Waals surface area contributed by atoms with Gasteiger partial charge in [0.1, 0.15) is 42.9 Å². The van der Waals surface area contributed by atoms with E-state index in [0.717, 1.165) is 33.4 Å². The SMILES string of the molecule is CC(C)CC(NC(=O)C(Cc1ccccc1)NC(=O)OCC1c2ccccc2-c2ccccc21)C(=O)NC(C(=O)N1CCCC1C(=O)N1CCCC1C(=O)NC(Cc1ccccc1)C(=O)O)C(C)C. The molecule has 2 fully saturated rings. The van der Waals surface area contributed by atoms with Gasteiger partial charge in [-0.3, -0.25) is 24.0 Å². The Balaban J connectivity index is 1.01. The van der Waals surface area contributed by atoms with Crippen molar-refractivity contribution in [1.82, 2.24) is 31.1 Å². The van der Waals surface area contributed by atoms with Crippen LogP contribution in [0.2, 0.25) is 0 Å². The zero-order valence-corrected chi connectivity index (χ0v) is 39.8. The van der Waals surface area contributed by atoms with E-state index >= 15 is 0 Å². The summed E-state index contributed by atoms with van der Waals surface area (Å²) in [5, 5.41) is 21.1. The molecule has 4 aromatic rings. The predicted molar refractivity (Wildman–Crippen MR) is 259 cm³/mol. The summed E-state index contributed by atoms with van der Waals surface area (Å²) >= 11 is 0. The molecule has 6 atom stereocenters. The first-order chi connectivity index (χ1) is 33.2. The van der Waals surface area contributed by atoms with E-state index in [0.29, 0.717) is 25.7 Å². The van der Waals surface area contributed by atoms with E-state index in [1.165, 1.54) is 9.80 Å². The van der Waals surface area contributed by atoms with Crippen molar-refractivity contribution >= 4 is 41.6 Å². The van der Waals surface area contributed by atoms with E-state index in [2.05, 4.69) is 21.3 Å². The second-order valence-electron chi connectivity index (χ2n) is 19.1. The number of hydrogen-bond donors (Lipinski definition) is 5. The van der Waals surface area contributed by atoms with Gasteiger partial charge in [-0.25, -0.2) is 9.59 Å². The van der Waals surface area contributed by atoms with Crippen molar-refractivity contribution < 1.29 is 43.4 Å². The number of alkyl carbamates (subject to hydrolysis) is 1. The Morgan fingerprint density at radius 3 is 1.70 bits per heavy atom. The number of hydrogen-bond acceptors (Lipinski definition) is 8. The summed E-state index contributed by atoms with van der Waals surface area (Å²) in [6.45, 7) is 7.96. The van der Waals surface area contributed by atoms with Gasteiger partial charge in [-0.05, 0) is 77.3 Å². The number of nitrogens with zero attached hydrogens (tertiary/aromatic N) is 2. The van der Waals surface area contributed by atoms with Gasteiger partial charge in [0, 0.05) is 31.8 Å². The van der Waals surface area contributed by atoms with E-state index in [4.69, 9.17) is 4.74 Å². The third-order valence-corrected chi connectivity index (χ3v) is 13.4. The van der Waals surface area contributed by atoms with E-state index in [9.17, 15) is 38.7 Å². The quantitative estimate of drug-likeness (QED) is 0.0793. The molecule has 4 aromatic carbocycles. The van der Waals surface area contributed by atoms with Gasteiger partial charge in [-0.2, -0.15) is 0 Å². The maximum Gasteiger partial charge on any atom is 0.407 e. The molecule has 2 aliphatic heterocycles. The van der Waals surface area contributed by atoms with Crippen LogP contribution in [-0.2, 0) is 46.3 Å². The molecule has 69 heavy (non-hydrogen) atoms. The van der Waals surface area contributed by atoms with Crippen LogP contribution < -0.4 is 21.3 Å². The zero-order valence-electron chi connectivity index (χ0n) is 39.8. The minimum Gasteiger partial charge on any atom is -0.480 e. The number of rotatable bonds is 19. The largest absolute Gasteiger partial charge is 0.480 e. The highest BCUT2D eigenvalue weighted by Gasteiger charge is 2.45. The Bertz CT molecular complexity index is 2440. The van der Waals surface area contributed by atoms with Crippen molar-refractivity contribution in [3.8, 4) is 11.1 Å². The monoisotopic (exact) mass is 940 g/mol. The molecular weight excluding hydrogens is 877 g/mol. The summed E-state index contributed by atoms with van der Waals surface area (Å²) in [4.78, 5) is 99.7. The van der Waals surface area contributed by atoms with Crippen LogP contribution in [0.25, 0.3) is 11.1 Å². The smallest absolute Gasteiger partial charge is 0.407 e. The van der Waals surface area contributed by atoms with Crippen molar-refractivity contribution in [2.24, 2.45) is 11.8 Å². The normalized spacial score (nSPS) is 18.1. The van der Waals surface area contributed by atoms with E-state index < -0.39 is 83.8 Å². The van der Waals surface area contributed by atoms with Crippen LogP contribution in [-0.4, -0.2) is 112 Å². The highest BCUT2D eigenvalue weighted by atomic mass is 16.5. The fourth-order valence-electron chi connectivity index (χ4n) is 9.86. The van der Waals surface area contributed by atoms with Gasteiger partial charge < -0.3 is 40.9 Å². The van der Waals surface area contributed by atoms with Crippen LogP contribution in [0, 0.1) is 11.8 Å². The maximum absolute atomic E-state index is 14.5. The number of aliphatic carboxylic acids is 1. The van der Waals surface area contributed by atoms with Crippen molar-refractivity contribution in [3.05, 3.63) is 131 Å². The molecule has 15 heteroatoms. The molecule has 5 N–H and O–H groups in total. The van der Waals surface area contributed by atoms with Gasteiger partial charge >= 0.3 is 12.1 Å². The standard InChI is InChI=1S/C54H64N6O9/c1-33(2)29-42(55-48(61)43(30-35-17-7-5-8-18-35)57-54(68)69-32-41-39-23-13-11-21-37(39)38-22-12-14-24-40(38)41)49(62)58-47(34(3)4)52(65)60-28-16-26-46(60)51(64)59-27-15-25-45(59)50(63)56-44(53(66)67)31-36-19-9-6-10-20-36/h5-14,17-24,33-34,41-47H,15-16,25-32H2,1-4H3,(H,55,61)(H,56,63)(H,57,68)(H,58,62)(H,66,67). The van der Waals surface area contributed by atoms with Crippen LogP contribution >= 0.6 is 0 Å². The van der Waals surface area contributed by atoms with Crippen molar-refractivity contribution in [2.75, 3.05) is 19.7 Å². The fourth-order valence-corrected chi connectivity index (χ4v) is 9.86. The Hall–Kier alpha value is -7.03. The summed E-state index contributed by atoms with van der Waals surface area (Å²) in [6.07, 6.45) is 1.37. The first-order valence-corrected chi connectivity index (χ1v) is 24.1. The summed E-state index contributed by atoms with van der Waals surface area (Å²) < 4.78 is 5.83. The minimum absolute atomic E-state index is 0.0440. The van der Waals surface area contributed by atoms with Crippen molar-refractivity contribution in [1.29, 1.82) is 0 Å². The Labute approximate surface area is 403 Å². The number of amides is 6. The number of fused-ring (bicyclic) bond motifs is 3. The molecule has 6 unspecified atom stereocenters. The Morgan fingerprint density at radius 2 is 1.13 bits per heavy atom. The molecule has 2 saturated heterocycles. The summed E-state index contributed by atoms with van der Waals surface area (Å²) in [5.74, 6) is -4.49. The Kier molecular flexibility index (Phi) is 16.5. The molecule has 0 aromatic heterocycles. The summed E-state index contributed by atoms with van der Waals surface area (Å²) in [7, 11) is 0. The van der Waals surface area contributed by atoms with Crippen molar-refractivity contribution in [3.63, 3.8) is 0 Å². The van der Waals surface area contributed by atoms with Crippen LogP contribution in [0.15, 0.2) is 109 Å². The van der Waals surface area contributed by atoms with Gasteiger partial charge in [0.15, 0.2) is 0 Å². The molecule has 3 aliphatic rings. The molecule has 1 aliphatic carbocycles. The van der Waals surface area contributed by atoms with Crippen molar-refractivity contribution in [2.45, 2.75) is 115 Å².